The number of benzene rings is 2. The molecule has 3 aliphatic rings. The maximum atomic E-state index is 13.3. The van der Waals surface area contributed by atoms with Crippen molar-refractivity contribution in [2.45, 2.75) is 41.5 Å². The van der Waals surface area contributed by atoms with Gasteiger partial charge in [-0.05, 0) is 0 Å². The van der Waals surface area contributed by atoms with Crippen LogP contribution in [0.15, 0.2) is 134 Å². The van der Waals surface area contributed by atoms with Crippen LogP contribution in [0.2, 0.25) is 0 Å². The Morgan fingerprint density at radius 3 is 1.88 bits per heavy atom. The van der Waals surface area contributed by atoms with Crippen molar-refractivity contribution in [2.24, 2.45) is 10.8 Å². The minimum absolute atomic E-state index is 0.00967. The monoisotopic (exact) mass is 658 g/mol. The summed E-state index contributed by atoms with van der Waals surface area (Å²) in [7, 11) is 0. The zero-order valence-electron chi connectivity index (χ0n) is 23.9. The number of ketones is 1. The zero-order valence-corrected chi connectivity index (χ0v) is 27.3. The van der Waals surface area contributed by atoms with E-state index < -0.39 is 0 Å². The predicted molar refractivity (Wildman–Crippen MR) is 168 cm³/mol. The third kappa shape index (κ3) is 6.17. The van der Waals surface area contributed by atoms with Crippen molar-refractivity contribution in [3.05, 3.63) is 145 Å². The third-order valence-electron chi connectivity index (χ3n) is 6.83. The molecule has 40 heavy (non-hydrogen) atoms. The van der Waals surface area contributed by atoms with E-state index in [2.05, 4.69) is 114 Å². The van der Waals surface area contributed by atoms with Crippen molar-refractivity contribution in [3.8, 4) is 0 Å². The Bertz CT molecular complexity index is 1610. The molecule has 0 atom stereocenters. The molecule has 2 aromatic rings. The number of hydrogen-bond donors (Lipinski definition) is 0. The van der Waals surface area contributed by atoms with Gasteiger partial charge in [0.1, 0.15) is 0 Å². The second kappa shape index (κ2) is 11.1. The summed E-state index contributed by atoms with van der Waals surface area (Å²) in [5, 5.41) is 13.3. The van der Waals surface area contributed by atoms with Gasteiger partial charge in [-0.25, -0.2) is 0 Å². The van der Waals surface area contributed by atoms with Crippen molar-refractivity contribution in [1.29, 1.82) is 0 Å². The van der Waals surface area contributed by atoms with Crippen LogP contribution >= 0.6 is 0 Å². The Morgan fingerprint density at radius 2 is 1.30 bits per heavy atom. The standard InChI is InChI=1S/C36H35O2Se2/c1-35(2,3)31-21-23(19-29(39-31)25-13-9-7-10-14-25)17-27-33(37)28(34(27)38)18-24-20-30(26-15-11-8-12-16-26)40-32(22-24)36(4,5)6/h7-22,37H,1-6H3/p-1. The maximum absolute atomic E-state index is 13.3. The van der Waals surface area contributed by atoms with Crippen LogP contribution < -0.4 is 5.11 Å². The number of Topliss-reactive ketones (excluding diaryl/α,β-unsaturated/α-hetero) is 1. The Labute approximate surface area is 250 Å². The van der Waals surface area contributed by atoms with Gasteiger partial charge < -0.3 is 0 Å². The van der Waals surface area contributed by atoms with Crippen molar-refractivity contribution >= 4 is 44.1 Å². The summed E-state index contributed by atoms with van der Waals surface area (Å²) in [5.74, 6) is -0.337. The Morgan fingerprint density at radius 1 is 0.700 bits per heavy atom. The Balaban J connectivity index is 1.52. The molecule has 203 valence electrons. The van der Waals surface area contributed by atoms with Gasteiger partial charge >= 0.3 is 252 Å². The molecule has 2 heterocycles. The van der Waals surface area contributed by atoms with Crippen LogP contribution in [0.3, 0.4) is 0 Å². The normalized spacial score (nSPS) is 20.1. The molecule has 4 heteroatoms. The van der Waals surface area contributed by atoms with Gasteiger partial charge in [0, 0.05) is 0 Å². The van der Waals surface area contributed by atoms with Crippen molar-refractivity contribution in [1.82, 2.24) is 0 Å². The third-order valence-corrected chi connectivity index (χ3v) is 13.2. The quantitative estimate of drug-likeness (QED) is 0.278. The van der Waals surface area contributed by atoms with E-state index >= 15 is 0 Å². The first-order valence-corrected chi connectivity index (χ1v) is 16.9. The molecule has 0 N–H and O–H groups in total. The molecule has 2 aliphatic heterocycles. The van der Waals surface area contributed by atoms with Crippen molar-refractivity contribution in [3.63, 3.8) is 0 Å². The number of rotatable bonds is 4. The van der Waals surface area contributed by atoms with Gasteiger partial charge in [-0.15, -0.1) is 0 Å². The first-order valence-electron chi connectivity index (χ1n) is 13.5. The summed E-state index contributed by atoms with van der Waals surface area (Å²) < 4.78 is 5.23. The van der Waals surface area contributed by atoms with E-state index in [1.807, 2.05) is 12.1 Å². The van der Waals surface area contributed by atoms with E-state index in [4.69, 9.17) is 0 Å². The molecule has 2 nitrogen and oxygen atoms in total. The average Bonchev–Trinajstić information content (AvgIpc) is 2.94. The summed E-state index contributed by atoms with van der Waals surface area (Å²) in [6.45, 7) is 13.3. The van der Waals surface area contributed by atoms with Gasteiger partial charge in [0.05, 0.1) is 0 Å². The van der Waals surface area contributed by atoms with Crippen LogP contribution in [0.5, 0.6) is 0 Å². The van der Waals surface area contributed by atoms with Crippen molar-refractivity contribution in [2.75, 3.05) is 0 Å². The van der Waals surface area contributed by atoms with Gasteiger partial charge in [-0.3, -0.25) is 0 Å². The summed E-state index contributed by atoms with van der Waals surface area (Å²) >= 11 is 0.360. The van der Waals surface area contributed by atoms with Gasteiger partial charge in [0.25, 0.3) is 0 Å². The molecular formula is C36H34O2Se2-. The minimum atomic E-state index is -0.169. The molecule has 0 amide bonds. The summed E-state index contributed by atoms with van der Waals surface area (Å²) in [6, 6.07) is 20.8. The molecule has 0 spiro atoms. The van der Waals surface area contributed by atoms with Crippen LogP contribution in [0.4, 0.5) is 0 Å². The van der Waals surface area contributed by atoms with Gasteiger partial charge in [-0.1, -0.05) is 0 Å². The van der Waals surface area contributed by atoms with Crippen LogP contribution in [0.1, 0.15) is 52.7 Å². The first kappa shape index (κ1) is 28.5. The molecule has 0 bridgehead atoms. The fourth-order valence-electron chi connectivity index (χ4n) is 4.47. The summed E-state index contributed by atoms with van der Waals surface area (Å²) in [5.41, 5.74) is 4.79. The van der Waals surface area contributed by atoms with Crippen LogP contribution in [0.25, 0.3) is 4.47 Å². The summed E-state index contributed by atoms with van der Waals surface area (Å²) in [4.78, 5) is 13.3. The Kier molecular flexibility index (Phi) is 7.92. The number of hydrogen-bond acceptors (Lipinski definition) is 2. The topological polar surface area (TPSA) is 40.1 Å². The zero-order chi connectivity index (χ0) is 28.7. The van der Waals surface area contributed by atoms with E-state index in [0.717, 1.165) is 11.1 Å². The fourth-order valence-corrected chi connectivity index (χ4v) is 9.45. The van der Waals surface area contributed by atoms with E-state index in [1.165, 1.54) is 29.0 Å². The molecular weight excluding hydrogens is 622 g/mol. The SMILES string of the molecule is CC(C)(C)C1=CC(=CC2=C([O-])C(=CC3=CC(c4ccccc4)=[Se]C(C(C)(C)C)=C3)C2=O)C=C(c2ccccc2)[Se]1. The van der Waals surface area contributed by atoms with Crippen LogP contribution in [0, 0.1) is 10.8 Å². The fraction of sp³-hybridized carbons (Fsp3) is 0.222. The van der Waals surface area contributed by atoms with Gasteiger partial charge in [-0.2, -0.15) is 0 Å². The number of carbonyl (C=O) groups excluding carboxylic acids is 1. The molecule has 0 fully saturated rings. The molecule has 0 saturated heterocycles. The van der Waals surface area contributed by atoms with Crippen LogP contribution in [-0.4, -0.2) is 39.7 Å². The second-order valence-corrected chi connectivity index (χ2v) is 16.8. The van der Waals surface area contributed by atoms with Gasteiger partial charge in [0.2, 0.25) is 0 Å². The van der Waals surface area contributed by atoms with E-state index in [9.17, 15) is 9.90 Å². The molecule has 1 aliphatic carbocycles. The first-order chi connectivity index (χ1) is 18.9. The van der Waals surface area contributed by atoms with E-state index in [0.29, 0.717) is 0 Å². The molecule has 5 rings (SSSR count). The predicted octanol–water partition coefficient (Wildman–Crippen LogP) is 6.52. The Hall–Kier alpha value is -3.00. The van der Waals surface area contributed by atoms with Crippen molar-refractivity contribution < 1.29 is 9.90 Å². The average molecular weight is 657 g/mol. The number of allylic oxidation sites excluding steroid dienone is 12. The molecule has 0 unspecified atom stereocenters. The van der Waals surface area contributed by atoms with Gasteiger partial charge in [0.15, 0.2) is 0 Å². The molecule has 2 aromatic carbocycles. The molecule has 0 aromatic heterocycles. The van der Waals surface area contributed by atoms with E-state index in [1.54, 1.807) is 12.2 Å². The molecule has 1 radical (unpaired) electrons. The van der Waals surface area contributed by atoms with E-state index in [-0.39, 0.29) is 63.0 Å². The molecule has 0 saturated carbocycles. The second-order valence-electron chi connectivity index (χ2n) is 12.2. The van der Waals surface area contributed by atoms with Crippen LogP contribution in [-0.2, 0) is 4.79 Å². The summed E-state index contributed by atoms with van der Waals surface area (Å²) in [6.07, 6.45) is 12.2. The number of carbonyl (C=O) groups is 1.